The van der Waals surface area contributed by atoms with E-state index in [2.05, 4.69) is 107 Å². The van der Waals surface area contributed by atoms with Crippen LogP contribution in [0.4, 0.5) is 11.4 Å². The number of rotatable bonds is 4. The molecule has 4 heteroatoms. The molecule has 1 unspecified atom stereocenters. The SMILES string of the molecule is C1=CC(c2ccccc2)(c2ccc(N3CCOCC3)cc2)Oc2cc(N3CCCCC3)c3ccccc3c21. The first-order valence-corrected chi connectivity index (χ1v) is 14.0. The number of hydrogen-bond donors (Lipinski definition) is 0. The van der Waals surface area contributed by atoms with Gasteiger partial charge in [0.2, 0.25) is 0 Å². The van der Waals surface area contributed by atoms with Gasteiger partial charge in [0.15, 0.2) is 5.60 Å². The van der Waals surface area contributed by atoms with Gasteiger partial charge in [0.1, 0.15) is 5.75 Å². The number of fused-ring (bicyclic) bond motifs is 3. The molecule has 4 aromatic carbocycles. The zero-order valence-corrected chi connectivity index (χ0v) is 21.8. The maximum atomic E-state index is 7.17. The number of piperidine rings is 1. The maximum absolute atomic E-state index is 7.17. The summed E-state index contributed by atoms with van der Waals surface area (Å²) in [6.45, 7) is 5.63. The fraction of sp³-hybridized carbons (Fsp3) is 0.294. The second kappa shape index (κ2) is 9.85. The van der Waals surface area contributed by atoms with Gasteiger partial charge in [-0.05, 0) is 48.9 Å². The minimum Gasteiger partial charge on any atom is -0.473 e. The normalized spacial score (nSPS) is 21.3. The number of morpholine rings is 1. The lowest BCUT2D eigenvalue weighted by atomic mass is 9.83. The minimum absolute atomic E-state index is 0.695. The van der Waals surface area contributed by atoms with Crippen LogP contribution in [0.3, 0.4) is 0 Å². The van der Waals surface area contributed by atoms with E-state index in [1.54, 1.807) is 0 Å². The molecular weight excluding hydrogens is 468 g/mol. The van der Waals surface area contributed by atoms with Gasteiger partial charge in [-0.2, -0.15) is 0 Å². The van der Waals surface area contributed by atoms with Crippen molar-refractivity contribution in [3.8, 4) is 5.75 Å². The summed E-state index contributed by atoms with van der Waals surface area (Å²) in [4.78, 5) is 4.95. The number of nitrogens with zero attached hydrogens (tertiary/aromatic N) is 2. The van der Waals surface area contributed by atoms with E-state index in [4.69, 9.17) is 9.47 Å². The number of anilines is 2. The van der Waals surface area contributed by atoms with Gasteiger partial charge in [-0.3, -0.25) is 0 Å². The Hall–Kier alpha value is -3.76. The number of ether oxygens (including phenoxy) is 2. The third-order valence-corrected chi connectivity index (χ3v) is 8.35. The molecule has 0 amide bonds. The Morgan fingerprint density at radius 3 is 2.08 bits per heavy atom. The van der Waals surface area contributed by atoms with Crippen molar-refractivity contribution in [2.75, 3.05) is 49.2 Å². The summed E-state index contributed by atoms with van der Waals surface area (Å²) in [6, 6.07) is 30.7. The summed E-state index contributed by atoms with van der Waals surface area (Å²) < 4.78 is 12.7. The number of benzene rings is 4. The molecule has 1 atom stereocenters. The molecular formula is C34H34N2O2. The topological polar surface area (TPSA) is 24.9 Å². The van der Waals surface area contributed by atoms with E-state index in [9.17, 15) is 0 Å². The van der Waals surface area contributed by atoms with Crippen LogP contribution in [0.15, 0.2) is 91.0 Å². The molecule has 3 aliphatic rings. The molecule has 0 N–H and O–H groups in total. The average Bonchev–Trinajstić information content (AvgIpc) is 3.02. The van der Waals surface area contributed by atoms with Crippen molar-refractivity contribution in [2.24, 2.45) is 0 Å². The fourth-order valence-electron chi connectivity index (χ4n) is 6.32. The van der Waals surface area contributed by atoms with E-state index in [-0.39, 0.29) is 0 Å². The van der Waals surface area contributed by atoms with Gasteiger partial charge in [-0.25, -0.2) is 0 Å². The highest BCUT2D eigenvalue weighted by Gasteiger charge is 2.38. The van der Waals surface area contributed by atoms with Crippen LogP contribution >= 0.6 is 0 Å². The highest BCUT2D eigenvalue weighted by Crippen LogP contribution is 2.47. The highest BCUT2D eigenvalue weighted by atomic mass is 16.5. The molecule has 2 fully saturated rings. The monoisotopic (exact) mass is 502 g/mol. The summed E-state index contributed by atoms with van der Waals surface area (Å²) in [5.41, 5.74) is 5.26. The maximum Gasteiger partial charge on any atom is 0.178 e. The van der Waals surface area contributed by atoms with Crippen LogP contribution in [0.5, 0.6) is 5.75 Å². The van der Waals surface area contributed by atoms with Crippen molar-refractivity contribution in [1.82, 2.24) is 0 Å². The predicted octanol–water partition coefficient (Wildman–Crippen LogP) is 7.02. The molecule has 0 aromatic heterocycles. The highest BCUT2D eigenvalue weighted by molar-refractivity contribution is 6.02. The van der Waals surface area contributed by atoms with Gasteiger partial charge < -0.3 is 19.3 Å². The average molecular weight is 503 g/mol. The Morgan fingerprint density at radius 2 is 1.32 bits per heavy atom. The van der Waals surface area contributed by atoms with Gasteiger partial charge in [0.25, 0.3) is 0 Å². The molecule has 4 aromatic rings. The smallest absolute Gasteiger partial charge is 0.178 e. The first-order chi connectivity index (χ1) is 18.8. The molecule has 0 bridgehead atoms. The largest absolute Gasteiger partial charge is 0.473 e. The van der Waals surface area contributed by atoms with E-state index in [1.807, 2.05) is 0 Å². The summed E-state index contributed by atoms with van der Waals surface area (Å²) >= 11 is 0. The zero-order chi connectivity index (χ0) is 25.4. The molecule has 0 radical (unpaired) electrons. The first kappa shape index (κ1) is 23.4. The van der Waals surface area contributed by atoms with Crippen LogP contribution in [0.2, 0.25) is 0 Å². The minimum atomic E-state index is -0.695. The molecule has 0 aliphatic carbocycles. The standard InChI is InChI=1S/C34H34N2O2/c1-3-9-26(10-4-1)34(27-13-15-28(16-14-27)35-21-23-37-24-22-35)18-17-31-29-11-5-6-12-30(29)32(25-33(31)38-34)36-19-7-2-8-20-36/h1,3-6,9-18,25H,2,7-8,19-24H2. The molecule has 0 spiro atoms. The lowest BCUT2D eigenvalue weighted by Gasteiger charge is -2.38. The van der Waals surface area contributed by atoms with Crippen LogP contribution in [-0.2, 0) is 10.3 Å². The molecule has 3 heterocycles. The molecule has 3 aliphatic heterocycles. The molecule has 192 valence electrons. The van der Waals surface area contributed by atoms with E-state index in [0.717, 1.165) is 61.8 Å². The summed E-state index contributed by atoms with van der Waals surface area (Å²) in [5.74, 6) is 0.952. The fourth-order valence-corrected chi connectivity index (χ4v) is 6.32. The first-order valence-electron chi connectivity index (χ1n) is 14.0. The van der Waals surface area contributed by atoms with E-state index >= 15 is 0 Å². The van der Waals surface area contributed by atoms with Crippen molar-refractivity contribution in [3.63, 3.8) is 0 Å². The Morgan fingerprint density at radius 1 is 0.632 bits per heavy atom. The molecule has 2 saturated heterocycles. The number of hydrogen-bond acceptors (Lipinski definition) is 4. The van der Waals surface area contributed by atoms with Gasteiger partial charge in [0.05, 0.1) is 13.2 Å². The summed E-state index contributed by atoms with van der Waals surface area (Å²) in [7, 11) is 0. The van der Waals surface area contributed by atoms with Crippen LogP contribution < -0.4 is 14.5 Å². The van der Waals surface area contributed by atoms with Gasteiger partial charge >= 0.3 is 0 Å². The predicted molar refractivity (Wildman–Crippen MR) is 156 cm³/mol. The van der Waals surface area contributed by atoms with Crippen molar-refractivity contribution in [2.45, 2.75) is 24.9 Å². The second-order valence-electron chi connectivity index (χ2n) is 10.6. The Kier molecular flexibility index (Phi) is 6.05. The molecule has 38 heavy (non-hydrogen) atoms. The second-order valence-corrected chi connectivity index (χ2v) is 10.6. The van der Waals surface area contributed by atoms with Crippen LogP contribution in [-0.4, -0.2) is 39.4 Å². The zero-order valence-electron chi connectivity index (χ0n) is 21.8. The van der Waals surface area contributed by atoms with Crippen molar-refractivity contribution >= 4 is 28.2 Å². The third-order valence-electron chi connectivity index (χ3n) is 8.35. The molecule has 4 nitrogen and oxygen atoms in total. The van der Waals surface area contributed by atoms with E-state index < -0.39 is 5.60 Å². The molecule has 7 rings (SSSR count). The van der Waals surface area contributed by atoms with Gasteiger partial charge in [-0.1, -0.05) is 66.7 Å². The van der Waals surface area contributed by atoms with Gasteiger partial charge in [0, 0.05) is 65.7 Å². The Labute approximate surface area is 225 Å². The lowest BCUT2D eigenvalue weighted by molar-refractivity contribution is 0.122. The van der Waals surface area contributed by atoms with E-state index in [1.165, 1.54) is 41.4 Å². The lowest BCUT2D eigenvalue weighted by Crippen LogP contribution is -2.37. The van der Waals surface area contributed by atoms with Crippen LogP contribution in [0, 0.1) is 0 Å². The quantitative estimate of drug-likeness (QED) is 0.300. The van der Waals surface area contributed by atoms with Crippen molar-refractivity contribution < 1.29 is 9.47 Å². The van der Waals surface area contributed by atoms with Gasteiger partial charge in [-0.15, -0.1) is 0 Å². The Balaban J connectivity index is 1.35. The Bertz CT molecular complexity index is 1450. The summed E-state index contributed by atoms with van der Waals surface area (Å²) in [5, 5.41) is 2.56. The van der Waals surface area contributed by atoms with Crippen molar-refractivity contribution in [1.29, 1.82) is 0 Å². The van der Waals surface area contributed by atoms with E-state index in [0.29, 0.717) is 0 Å². The van der Waals surface area contributed by atoms with Crippen LogP contribution in [0.25, 0.3) is 16.8 Å². The third kappa shape index (κ3) is 4.04. The van der Waals surface area contributed by atoms with Crippen molar-refractivity contribution in [3.05, 3.63) is 108 Å². The molecule has 0 saturated carbocycles. The van der Waals surface area contributed by atoms with Crippen LogP contribution in [0.1, 0.15) is 36.0 Å². The summed E-state index contributed by atoms with van der Waals surface area (Å²) in [6.07, 6.45) is 8.34.